The van der Waals surface area contributed by atoms with Crippen LogP contribution in [0.2, 0.25) is 0 Å². The van der Waals surface area contributed by atoms with Crippen molar-refractivity contribution in [2.75, 3.05) is 0 Å². The van der Waals surface area contributed by atoms with Crippen LogP contribution in [0.25, 0.3) is 11.1 Å². The first-order chi connectivity index (χ1) is 16.9. The van der Waals surface area contributed by atoms with Crippen LogP contribution in [0.1, 0.15) is 75.0 Å². The Kier molecular flexibility index (Phi) is 8.15. The molecule has 3 aromatic carbocycles. The lowest BCUT2D eigenvalue weighted by Gasteiger charge is -2.28. The summed E-state index contributed by atoms with van der Waals surface area (Å²) in [6, 6.07) is 13.2. The molecule has 4 rings (SSSR count). The topological polar surface area (TPSA) is 9.23 Å². The lowest BCUT2D eigenvalue weighted by Crippen LogP contribution is -2.14. The summed E-state index contributed by atoms with van der Waals surface area (Å²) >= 11 is 0. The monoisotopic (exact) mass is 484 g/mol. The fourth-order valence-corrected chi connectivity index (χ4v) is 5.07. The molecule has 0 atom stereocenters. The average molecular weight is 485 g/mol. The highest BCUT2D eigenvalue weighted by molar-refractivity contribution is 5.65. The first kappa shape index (κ1) is 25.3. The molecule has 3 aromatic rings. The lowest BCUT2D eigenvalue weighted by atomic mass is 9.77. The molecule has 0 bridgehead atoms. The van der Waals surface area contributed by atoms with Crippen LogP contribution < -0.4 is 4.74 Å². The highest BCUT2D eigenvalue weighted by atomic mass is 19.2. The molecule has 1 nitrogen and oxygen atoms in total. The van der Waals surface area contributed by atoms with E-state index in [1.54, 1.807) is 36.4 Å². The molecule has 1 saturated carbocycles. The van der Waals surface area contributed by atoms with Crippen LogP contribution in [0, 0.1) is 29.2 Å². The molecule has 1 aliphatic rings. The molecule has 0 aromatic heterocycles. The van der Waals surface area contributed by atoms with Gasteiger partial charge in [-0.3, -0.25) is 0 Å². The molecule has 5 heteroatoms. The van der Waals surface area contributed by atoms with Gasteiger partial charge in [0.2, 0.25) is 5.82 Å². The van der Waals surface area contributed by atoms with E-state index in [1.165, 1.54) is 12.1 Å². The van der Waals surface area contributed by atoms with Crippen molar-refractivity contribution in [2.45, 2.75) is 71.3 Å². The van der Waals surface area contributed by atoms with E-state index in [4.69, 9.17) is 4.74 Å². The Morgan fingerprint density at radius 3 is 2.11 bits per heavy atom. The number of benzene rings is 3. The number of rotatable bonds is 8. The van der Waals surface area contributed by atoms with Crippen molar-refractivity contribution in [3.63, 3.8) is 0 Å². The van der Waals surface area contributed by atoms with Gasteiger partial charge in [-0.1, -0.05) is 69.2 Å². The van der Waals surface area contributed by atoms with Crippen molar-refractivity contribution < 1.29 is 22.3 Å². The molecular formula is C30H32F4O. The first-order valence-electron chi connectivity index (χ1n) is 12.6. The molecular weight excluding hydrogens is 452 g/mol. The normalized spacial score (nSPS) is 18.0. The molecule has 0 amide bonds. The van der Waals surface area contributed by atoms with Gasteiger partial charge in [-0.15, -0.1) is 0 Å². The molecule has 0 unspecified atom stereocenters. The fraction of sp³-hybridized carbons (Fsp3) is 0.400. The second kappa shape index (κ2) is 11.3. The van der Waals surface area contributed by atoms with Gasteiger partial charge in [-0.25, -0.2) is 13.2 Å². The number of halogens is 4. The van der Waals surface area contributed by atoms with Gasteiger partial charge in [0.1, 0.15) is 6.61 Å². The molecule has 0 aliphatic heterocycles. The second-order valence-corrected chi connectivity index (χ2v) is 9.54. The van der Waals surface area contributed by atoms with Crippen molar-refractivity contribution in [3.05, 3.63) is 88.5 Å². The predicted octanol–water partition coefficient (Wildman–Crippen LogP) is 9.13. The molecule has 0 N–H and O–H groups in total. The van der Waals surface area contributed by atoms with E-state index in [0.717, 1.165) is 38.5 Å². The van der Waals surface area contributed by atoms with E-state index < -0.39 is 23.3 Å². The molecule has 0 heterocycles. The zero-order chi connectivity index (χ0) is 24.9. The van der Waals surface area contributed by atoms with Crippen molar-refractivity contribution in [1.29, 1.82) is 0 Å². The maximum atomic E-state index is 15.0. The quantitative estimate of drug-likeness (QED) is 0.290. The molecule has 0 spiro atoms. The summed E-state index contributed by atoms with van der Waals surface area (Å²) in [7, 11) is 0. The molecule has 0 saturated heterocycles. The largest absolute Gasteiger partial charge is 0.486 e. The average Bonchev–Trinajstić information content (AvgIpc) is 2.88. The van der Waals surface area contributed by atoms with E-state index in [0.29, 0.717) is 34.6 Å². The predicted molar refractivity (Wildman–Crippen MR) is 131 cm³/mol. The van der Waals surface area contributed by atoms with Crippen molar-refractivity contribution in [2.24, 2.45) is 5.92 Å². The van der Waals surface area contributed by atoms with Crippen LogP contribution in [0.3, 0.4) is 0 Å². The van der Waals surface area contributed by atoms with Crippen LogP contribution in [0.15, 0.2) is 48.5 Å². The van der Waals surface area contributed by atoms with Gasteiger partial charge < -0.3 is 4.74 Å². The Hall–Kier alpha value is -2.82. The smallest absolute Gasteiger partial charge is 0.200 e. The van der Waals surface area contributed by atoms with Crippen LogP contribution in [-0.4, -0.2) is 0 Å². The minimum absolute atomic E-state index is 0.0278. The van der Waals surface area contributed by atoms with Gasteiger partial charge in [-0.05, 0) is 72.3 Å². The highest BCUT2D eigenvalue weighted by Gasteiger charge is 2.26. The third-order valence-corrected chi connectivity index (χ3v) is 7.28. The van der Waals surface area contributed by atoms with Crippen molar-refractivity contribution in [1.82, 2.24) is 0 Å². The first-order valence-corrected chi connectivity index (χ1v) is 12.6. The van der Waals surface area contributed by atoms with E-state index in [2.05, 4.69) is 6.92 Å². The van der Waals surface area contributed by atoms with Crippen molar-refractivity contribution >= 4 is 0 Å². The van der Waals surface area contributed by atoms with Crippen LogP contribution in [0.5, 0.6) is 5.75 Å². The molecule has 1 fully saturated rings. The van der Waals surface area contributed by atoms with Gasteiger partial charge >= 0.3 is 0 Å². The number of hydrogen-bond donors (Lipinski definition) is 0. The summed E-state index contributed by atoms with van der Waals surface area (Å²) in [5.41, 5.74) is 2.27. The third-order valence-electron chi connectivity index (χ3n) is 7.28. The molecule has 1 aliphatic carbocycles. The summed E-state index contributed by atoms with van der Waals surface area (Å²) in [6.45, 7) is 4.11. The van der Waals surface area contributed by atoms with Gasteiger partial charge in [0.15, 0.2) is 23.2 Å². The molecule has 186 valence electrons. The maximum Gasteiger partial charge on any atom is 0.200 e. The maximum absolute atomic E-state index is 15.0. The number of aryl methyl sites for hydroxylation is 1. The van der Waals surface area contributed by atoms with Gasteiger partial charge in [-0.2, -0.15) is 4.39 Å². The molecule has 35 heavy (non-hydrogen) atoms. The minimum atomic E-state index is -0.992. The SMILES string of the molecule is CCCc1ccc(OCc2ccc(-c3ccc(C4CCC(CC)CC4)c(F)c3F)cc2)c(F)c1F. The van der Waals surface area contributed by atoms with Crippen LogP contribution in [0.4, 0.5) is 17.6 Å². The Morgan fingerprint density at radius 1 is 0.743 bits per heavy atom. The Bertz CT molecular complexity index is 1150. The third kappa shape index (κ3) is 5.55. The minimum Gasteiger partial charge on any atom is -0.486 e. The van der Waals surface area contributed by atoms with Crippen molar-refractivity contribution in [3.8, 4) is 16.9 Å². The summed E-state index contributed by atoms with van der Waals surface area (Å²) in [6.07, 6.45) is 6.24. The highest BCUT2D eigenvalue weighted by Crippen LogP contribution is 2.39. The van der Waals surface area contributed by atoms with Gasteiger partial charge in [0.25, 0.3) is 0 Å². The van der Waals surface area contributed by atoms with E-state index >= 15 is 4.39 Å². The second-order valence-electron chi connectivity index (χ2n) is 9.54. The summed E-state index contributed by atoms with van der Waals surface area (Å²) in [5.74, 6) is -2.83. The summed E-state index contributed by atoms with van der Waals surface area (Å²) < 4.78 is 63.9. The number of ether oxygens (including phenoxy) is 1. The van der Waals surface area contributed by atoms with Gasteiger partial charge in [0, 0.05) is 5.56 Å². The zero-order valence-corrected chi connectivity index (χ0v) is 20.4. The summed E-state index contributed by atoms with van der Waals surface area (Å²) in [5, 5.41) is 0. The Morgan fingerprint density at radius 2 is 1.46 bits per heavy atom. The van der Waals surface area contributed by atoms with E-state index in [9.17, 15) is 13.2 Å². The Labute approximate surface area is 205 Å². The molecule has 0 radical (unpaired) electrons. The lowest BCUT2D eigenvalue weighted by molar-refractivity contribution is 0.284. The van der Waals surface area contributed by atoms with Crippen LogP contribution in [-0.2, 0) is 13.0 Å². The Balaban J connectivity index is 1.44. The fourth-order valence-electron chi connectivity index (χ4n) is 5.07. The van der Waals surface area contributed by atoms with E-state index in [-0.39, 0.29) is 23.8 Å². The van der Waals surface area contributed by atoms with Crippen LogP contribution >= 0.6 is 0 Å². The standard InChI is InChI=1S/C30H32F4O/c1-3-5-23-14-17-26(30(34)27(23)31)35-18-20-8-12-22(13-9-20)25-16-15-24(28(32)29(25)33)21-10-6-19(4-2)7-11-21/h8-9,12-17,19,21H,3-7,10-11,18H2,1-2H3. The zero-order valence-electron chi connectivity index (χ0n) is 20.4. The van der Waals surface area contributed by atoms with E-state index in [1.807, 2.05) is 6.92 Å². The summed E-state index contributed by atoms with van der Waals surface area (Å²) in [4.78, 5) is 0. The number of hydrogen-bond acceptors (Lipinski definition) is 1. The van der Waals surface area contributed by atoms with Gasteiger partial charge in [0.05, 0.1) is 0 Å².